The van der Waals surface area contributed by atoms with Gasteiger partial charge < -0.3 is 9.53 Å². The summed E-state index contributed by atoms with van der Waals surface area (Å²) in [5.74, 6) is 0.263. The van der Waals surface area contributed by atoms with E-state index in [1.807, 2.05) is 0 Å². The van der Waals surface area contributed by atoms with E-state index >= 15 is 0 Å². The molecule has 0 radical (unpaired) electrons. The third kappa shape index (κ3) is 2.79. The average Bonchev–Trinajstić information content (AvgIpc) is 2.16. The fourth-order valence-electron chi connectivity index (χ4n) is 2.43. The van der Waals surface area contributed by atoms with Gasteiger partial charge in [0.2, 0.25) is 0 Å². The molecule has 0 saturated carbocycles. The Hall–Kier alpha value is -0.410. The molecular weight excluding hydrogens is 178 g/mol. The van der Waals surface area contributed by atoms with Crippen molar-refractivity contribution in [1.29, 1.82) is 0 Å². The number of aldehydes is 1. The second-order valence-corrected chi connectivity index (χ2v) is 4.30. The molecule has 3 heteroatoms. The van der Waals surface area contributed by atoms with Crippen molar-refractivity contribution in [2.45, 2.75) is 38.8 Å². The summed E-state index contributed by atoms with van der Waals surface area (Å²) in [4.78, 5) is 13.2. The largest absolute Gasteiger partial charge is 0.383 e. The number of ether oxygens (including phenoxy) is 1. The van der Waals surface area contributed by atoms with Crippen LogP contribution in [0.25, 0.3) is 0 Å². The van der Waals surface area contributed by atoms with Gasteiger partial charge >= 0.3 is 0 Å². The van der Waals surface area contributed by atoms with E-state index in [1.54, 1.807) is 7.11 Å². The van der Waals surface area contributed by atoms with Crippen molar-refractivity contribution < 1.29 is 9.53 Å². The highest BCUT2D eigenvalue weighted by Crippen LogP contribution is 2.25. The van der Waals surface area contributed by atoms with Crippen LogP contribution in [0.1, 0.15) is 26.7 Å². The topological polar surface area (TPSA) is 29.5 Å². The fraction of sp³-hybridized carbons (Fsp3) is 0.909. The first-order valence-corrected chi connectivity index (χ1v) is 5.39. The second-order valence-electron chi connectivity index (χ2n) is 4.30. The van der Waals surface area contributed by atoms with Crippen LogP contribution in [-0.4, -0.2) is 43.5 Å². The van der Waals surface area contributed by atoms with Gasteiger partial charge in [-0.25, -0.2) is 0 Å². The van der Waals surface area contributed by atoms with Crippen LogP contribution in [0.4, 0.5) is 0 Å². The summed E-state index contributed by atoms with van der Waals surface area (Å²) in [6, 6.07) is 1.01. The van der Waals surface area contributed by atoms with Crippen LogP contribution in [-0.2, 0) is 9.53 Å². The quantitative estimate of drug-likeness (QED) is 0.640. The Morgan fingerprint density at radius 2 is 1.93 bits per heavy atom. The zero-order valence-corrected chi connectivity index (χ0v) is 9.40. The number of piperidine rings is 1. The van der Waals surface area contributed by atoms with Crippen molar-refractivity contribution in [3.05, 3.63) is 0 Å². The van der Waals surface area contributed by atoms with Crippen molar-refractivity contribution in [2.75, 3.05) is 20.3 Å². The van der Waals surface area contributed by atoms with Crippen LogP contribution < -0.4 is 0 Å². The number of methoxy groups -OCH3 is 1. The van der Waals surface area contributed by atoms with E-state index in [1.165, 1.54) is 0 Å². The molecule has 0 aromatic rings. The lowest BCUT2D eigenvalue weighted by Crippen LogP contribution is -2.48. The third-order valence-electron chi connectivity index (χ3n) is 3.17. The predicted octanol–water partition coefficient (Wildman–Crippen LogP) is 1.32. The molecule has 0 N–H and O–H groups in total. The lowest BCUT2D eigenvalue weighted by atomic mass is 9.88. The van der Waals surface area contributed by atoms with Gasteiger partial charge in [-0.1, -0.05) is 0 Å². The number of rotatable bonds is 4. The van der Waals surface area contributed by atoms with Gasteiger partial charge in [0, 0.05) is 31.7 Å². The van der Waals surface area contributed by atoms with Crippen LogP contribution in [0, 0.1) is 5.92 Å². The van der Waals surface area contributed by atoms with Crippen molar-refractivity contribution >= 4 is 6.29 Å². The van der Waals surface area contributed by atoms with E-state index in [2.05, 4.69) is 18.7 Å². The predicted molar refractivity (Wildman–Crippen MR) is 56.3 cm³/mol. The molecule has 0 aromatic heterocycles. The van der Waals surface area contributed by atoms with Crippen LogP contribution in [0.5, 0.6) is 0 Å². The van der Waals surface area contributed by atoms with E-state index in [9.17, 15) is 4.79 Å². The molecular formula is C11H21NO2. The Bertz CT molecular complexity index is 172. The van der Waals surface area contributed by atoms with E-state index < -0.39 is 0 Å². The standard InChI is InChI=1S/C11H21NO2/c1-9-6-11(8-13)7-10(2)12(9)4-5-14-3/h8-11H,4-7H2,1-3H3. The zero-order valence-electron chi connectivity index (χ0n) is 9.40. The first-order valence-electron chi connectivity index (χ1n) is 5.39. The molecule has 1 rings (SSSR count). The summed E-state index contributed by atoms with van der Waals surface area (Å²) >= 11 is 0. The lowest BCUT2D eigenvalue weighted by Gasteiger charge is -2.41. The van der Waals surface area contributed by atoms with Gasteiger partial charge in [-0.05, 0) is 26.7 Å². The number of hydrogen-bond acceptors (Lipinski definition) is 3. The molecule has 2 unspecified atom stereocenters. The Kier molecular flexibility index (Phi) is 4.55. The summed E-state index contributed by atoms with van der Waals surface area (Å²) in [6.45, 7) is 6.15. The Labute approximate surface area is 86.4 Å². The number of nitrogens with zero attached hydrogens (tertiary/aromatic N) is 1. The highest BCUT2D eigenvalue weighted by atomic mass is 16.5. The molecule has 14 heavy (non-hydrogen) atoms. The monoisotopic (exact) mass is 199 g/mol. The van der Waals surface area contributed by atoms with Gasteiger partial charge in [-0.2, -0.15) is 0 Å². The molecule has 0 bridgehead atoms. The molecule has 0 spiro atoms. The Morgan fingerprint density at radius 1 is 1.36 bits per heavy atom. The Balaban J connectivity index is 2.47. The average molecular weight is 199 g/mol. The van der Waals surface area contributed by atoms with Crippen molar-refractivity contribution in [1.82, 2.24) is 4.90 Å². The first-order chi connectivity index (χ1) is 6.69. The molecule has 2 atom stereocenters. The van der Waals surface area contributed by atoms with E-state index in [0.29, 0.717) is 12.1 Å². The van der Waals surface area contributed by atoms with Gasteiger partial charge in [0.05, 0.1) is 6.61 Å². The fourth-order valence-corrected chi connectivity index (χ4v) is 2.43. The maximum atomic E-state index is 10.7. The minimum atomic E-state index is 0.263. The number of likely N-dealkylation sites (tertiary alicyclic amines) is 1. The summed E-state index contributed by atoms with van der Waals surface area (Å²) in [7, 11) is 1.73. The minimum Gasteiger partial charge on any atom is -0.383 e. The van der Waals surface area contributed by atoms with Gasteiger partial charge in [0.15, 0.2) is 0 Å². The molecule has 0 amide bonds. The second kappa shape index (κ2) is 5.47. The summed E-state index contributed by atoms with van der Waals surface area (Å²) < 4.78 is 5.08. The number of hydrogen-bond donors (Lipinski definition) is 0. The molecule has 0 aliphatic carbocycles. The summed E-state index contributed by atoms with van der Waals surface area (Å²) in [6.07, 6.45) is 3.11. The molecule has 82 valence electrons. The van der Waals surface area contributed by atoms with Crippen LogP contribution >= 0.6 is 0 Å². The van der Waals surface area contributed by atoms with Gasteiger partial charge in [-0.15, -0.1) is 0 Å². The molecule has 1 heterocycles. The van der Waals surface area contributed by atoms with Crippen molar-refractivity contribution in [3.63, 3.8) is 0 Å². The van der Waals surface area contributed by atoms with Crippen LogP contribution in [0.2, 0.25) is 0 Å². The third-order valence-corrected chi connectivity index (χ3v) is 3.17. The number of carbonyl (C=O) groups excluding carboxylic acids is 1. The van der Waals surface area contributed by atoms with Crippen LogP contribution in [0.15, 0.2) is 0 Å². The summed E-state index contributed by atoms with van der Waals surface area (Å²) in [5, 5.41) is 0. The molecule has 1 aliphatic rings. The Morgan fingerprint density at radius 3 is 2.36 bits per heavy atom. The van der Waals surface area contributed by atoms with Gasteiger partial charge in [0.25, 0.3) is 0 Å². The lowest BCUT2D eigenvalue weighted by molar-refractivity contribution is -0.113. The van der Waals surface area contributed by atoms with Crippen molar-refractivity contribution in [2.24, 2.45) is 5.92 Å². The summed E-state index contributed by atoms with van der Waals surface area (Å²) in [5.41, 5.74) is 0. The normalized spacial score (nSPS) is 34.4. The minimum absolute atomic E-state index is 0.263. The highest BCUT2D eigenvalue weighted by Gasteiger charge is 2.29. The smallest absolute Gasteiger partial charge is 0.123 e. The maximum absolute atomic E-state index is 10.7. The van der Waals surface area contributed by atoms with E-state index in [-0.39, 0.29) is 5.92 Å². The maximum Gasteiger partial charge on any atom is 0.123 e. The zero-order chi connectivity index (χ0) is 10.6. The number of carbonyl (C=O) groups is 1. The first kappa shape index (κ1) is 11.7. The molecule has 1 saturated heterocycles. The molecule has 3 nitrogen and oxygen atoms in total. The van der Waals surface area contributed by atoms with E-state index in [0.717, 1.165) is 32.3 Å². The van der Waals surface area contributed by atoms with Gasteiger partial charge in [-0.3, -0.25) is 4.90 Å². The van der Waals surface area contributed by atoms with Crippen molar-refractivity contribution in [3.8, 4) is 0 Å². The molecule has 1 fully saturated rings. The van der Waals surface area contributed by atoms with Gasteiger partial charge in [0.1, 0.15) is 6.29 Å². The van der Waals surface area contributed by atoms with Crippen LogP contribution in [0.3, 0.4) is 0 Å². The molecule has 0 aromatic carbocycles. The molecule has 1 aliphatic heterocycles. The highest BCUT2D eigenvalue weighted by molar-refractivity contribution is 5.53. The van der Waals surface area contributed by atoms with E-state index in [4.69, 9.17) is 4.74 Å². The SMILES string of the molecule is COCCN1C(C)CC(C=O)CC1C.